The van der Waals surface area contributed by atoms with Gasteiger partial charge in [-0.2, -0.15) is 0 Å². The van der Waals surface area contributed by atoms with Gasteiger partial charge in [-0.15, -0.1) is 0 Å². The molecule has 1 aromatic carbocycles. The molecule has 5 aromatic rings. The number of aromatic nitrogens is 4. The lowest BCUT2D eigenvalue weighted by atomic mass is 10.0. The number of benzene rings is 1. The van der Waals surface area contributed by atoms with Gasteiger partial charge in [0.15, 0.2) is 17.3 Å². The molecule has 2 aliphatic heterocycles. The first-order valence-electron chi connectivity index (χ1n) is 14.8. The number of carbonyl (C=O) groups is 1. The Hall–Kier alpha value is -4.78. The van der Waals surface area contributed by atoms with Gasteiger partial charge in [0, 0.05) is 75.1 Å². The van der Waals surface area contributed by atoms with Crippen LogP contribution in [0.2, 0.25) is 0 Å². The Bertz CT molecular complexity index is 2090. The van der Waals surface area contributed by atoms with Gasteiger partial charge < -0.3 is 25.7 Å². The monoisotopic (exact) mass is 600 g/mol. The number of nitrogens with one attached hydrogen (secondary N) is 3. The van der Waals surface area contributed by atoms with E-state index in [4.69, 9.17) is 0 Å². The smallest absolute Gasteiger partial charge is 0.341 e. The maximum absolute atomic E-state index is 15.8. The zero-order chi connectivity index (χ0) is 30.4. The lowest BCUT2D eigenvalue weighted by molar-refractivity contribution is 0.0695. The molecule has 0 bridgehead atoms. The number of hydrogen-bond acceptors (Lipinski definition) is 8. The summed E-state index contributed by atoms with van der Waals surface area (Å²) in [6.07, 6.45) is 7.95. The standard InChI is InChI=1S/C31H30F2N8O3/c1-34-21-8-20(32)25(33)23-24-27(39-11-14-5-6-40(16-3-4-16)22(14)13-39)18(10-36-29(24)38-26(21)23)15-7-17-28(42)19(31(43)44)12-41(35-2)30(17)37-9-15/h7-10,12,14,16,22,34-35H,3-6,11,13H2,1-2H3,(H,36,38)(H,43,44)/t14-,22+/m1/s1. The molecule has 1 saturated carbocycles. The molecule has 11 nitrogen and oxygen atoms in total. The van der Waals surface area contributed by atoms with Gasteiger partial charge in [0.05, 0.1) is 33.1 Å². The molecule has 4 aromatic heterocycles. The first kappa shape index (κ1) is 26.8. The van der Waals surface area contributed by atoms with Crippen LogP contribution in [0.15, 0.2) is 35.5 Å². The fraction of sp³-hybridized carbons (Fsp3) is 0.355. The van der Waals surface area contributed by atoms with E-state index < -0.39 is 28.6 Å². The largest absolute Gasteiger partial charge is 0.477 e. The molecular formula is C31H30F2N8O3. The van der Waals surface area contributed by atoms with Crippen LogP contribution >= 0.6 is 0 Å². The summed E-state index contributed by atoms with van der Waals surface area (Å²) in [5.74, 6) is -2.86. The Balaban J connectivity index is 1.40. The normalized spacial score (nSPS) is 20.2. The zero-order valence-corrected chi connectivity index (χ0v) is 24.1. The number of pyridine rings is 3. The van der Waals surface area contributed by atoms with Crippen molar-refractivity contribution in [3.63, 3.8) is 0 Å². The summed E-state index contributed by atoms with van der Waals surface area (Å²) in [4.78, 5) is 42.4. The molecular weight excluding hydrogens is 570 g/mol. The van der Waals surface area contributed by atoms with E-state index in [1.54, 1.807) is 32.6 Å². The van der Waals surface area contributed by atoms with Gasteiger partial charge in [-0.3, -0.25) is 9.69 Å². The summed E-state index contributed by atoms with van der Waals surface area (Å²) in [5, 5.41) is 13.3. The highest BCUT2D eigenvalue weighted by atomic mass is 19.2. The Kier molecular flexibility index (Phi) is 5.86. The van der Waals surface area contributed by atoms with Crippen LogP contribution in [-0.4, -0.2) is 81.4 Å². The maximum atomic E-state index is 15.8. The average molecular weight is 601 g/mol. The summed E-state index contributed by atoms with van der Waals surface area (Å²) in [6, 6.07) is 3.70. The number of likely N-dealkylation sites (tertiary alicyclic amines) is 1. The molecule has 6 heterocycles. The van der Waals surface area contributed by atoms with Gasteiger partial charge in [-0.05, 0) is 37.8 Å². The third-order valence-electron chi connectivity index (χ3n) is 9.58. The van der Waals surface area contributed by atoms with Gasteiger partial charge >= 0.3 is 5.97 Å². The molecule has 0 amide bonds. The molecule has 13 heteroatoms. The molecule has 226 valence electrons. The number of anilines is 2. The van der Waals surface area contributed by atoms with Crippen LogP contribution in [-0.2, 0) is 0 Å². The van der Waals surface area contributed by atoms with Crippen LogP contribution in [0.4, 0.5) is 20.2 Å². The Morgan fingerprint density at radius 1 is 1.09 bits per heavy atom. The van der Waals surface area contributed by atoms with Crippen molar-refractivity contribution in [3.05, 3.63) is 58.1 Å². The Labute approximate surface area is 249 Å². The fourth-order valence-electron chi connectivity index (χ4n) is 7.40. The van der Waals surface area contributed by atoms with Crippen molar-refractivity contribution in [2.24, 2.45) is 5.92 Å². The summed E-state index contributed by atoms with van der Waals surface area (Å²) in [7, 11) is 3.25. The second-order valence-electron chi connectivity index (χ2n) is 11.9. The second kappa shape index (κ2) is 9.61. The van der Waals surface area contributed by atoms with Crippen molar-refractivity contribution >= 4 is 50.3 Å². The molecule has 3 fully saturated rings. The third kappa shape index (κ3) is 3.81. The summed E-state index contributed by atoms with van der Waals surface area (Å²) in [6.45, 7) is 2.52. The minimum Gasteiger partial charge on any atom is -0.477 e. The number of hydrogen-bond donors (Lipinski definition) is 4. The van der Waals surface area contributed by atoms with E-state index in [0.717, 1.165) is 25.6 Å². The van der Waals surface area contributed by atoms with E-state index in [1.165, 1.54) is 23.7 Å². The number of carboxylic acids is 1. The van der Waals surface area contributed by atoms with Gasteiger partial charge in [-0.1, -0.05) is 0 Å². The number of fused-ring (bicyclic) bond motifs is 5. The van der Waals surface area contributed by atoms with Crippen molar-refractivity contribution in [1.82, 2.24) is 24.5 Å². The number of halogens is 2. The van der Waals surface area contributed by atoms with Crippen molar-refractivity contribution in [2.75, 3.05) is 49.4 Å². The van der Waals surface area contributed by atoms with Crippen molar-refractivity contribution < 1.29 is 18.7 Å². The third-order valence-corrected chi connectivity index (χ3v) is 9.58. The van der Waals surface area contributed by atoms with E-state index in [0.29, 0.717) is 63.6 Å². The molecule has 3 aliphatic rings. The van der Waals surface area contributed by atoms with E-state index in [9.17, 15) is 19.1 Å². The summed E-state index contributed by atoms with van der Waals surface area (Å²) in [5.41, 5.74) is 5.06. The van der Waals surface area contributed by atoms with E-state index >= 15 is 4.39 Å². The highest BCUT2D eigenvalue weighted by Gasteiger charge is 2.47. The molecule has 2 saturated heterocycles. The maximum Gasteiger partial charge on any atom is 0.341 e. The van der Waals surface area contributed by atoms with E-state index in [2.05, 4.69) is 35.5 Å². The van der Waals surface area contributed by atoms with Gasteiger partial charge in [0.2, 0.25) is 5.43 Å². The van der Waals surface area contributed by atoms with Crippen LogP contribution in [0.3, 0.4) is 0 Å². The van der Waals surface area contributed by atoms with Gasteiger partial charge in [-0.25, -0.2) is 28.2 Å². The highest BCUT2D eigenvalue weighted by molar-refractivity contribution is 6.18. The predicted molar refractivity (Wildman–Crippen MR) is 164 cm³/mol. The number of aromatic carboxylic acids is 1. The average Bonchev–Trinajstić information content (AvgIpc) is 3.47. The van der Waals surface area contributed by atoms with Crippen LogP contribution < -0.4 is 21.1 Å². The molecule has 44 heavy (non-hydrogen) atoms. The molecule has 8 rings (SSSR count). The minimum absolute atomic E-state index is 0.101. The topological polar surface area (TPSA) is 131 Å². The number of H-pyrrole nitrogens is 1. The number of aromatic amines is 1. The Morgan fingerprint density at radius 2 is 1.91 bits per heavy atom. The molecule has 1 aliphatic carbocycles. The highest BCUT2D eigenvalue weighted by Crippen LogP contribution is 2.47. The van der Waals surface area contributed by atoms with Crippen molar-refractivity contribution in [1.29, 1.82) is 0 Å². The Morgan fingerprint density at radius 3 is 2.64 bits per heavy atom. The summed E-state index contributed by atoms with van der Waals surface area (Å²) >= 11 is 0. The molecule has 2 atom stereocenters. The second-order valence-corrected chi connectivity index (χ2v) is 11.9. The minimum atomic E-state index is -1.35. The molecule has 0 spiro atoms. The molecule has 0 unspecified atom stereocenters. The van der Waals surface area contributed by atoms with Crippen LogP contribution in [0.1, 0.15) is 29.6 Å². The number of rotatable bonds is 6. The first-order valence-corrected chi connectivity index (χ1v) is 14.8. The van der Waals surface area contributed by atoms with Crippen LogP contribution in [0.5, 0.6) is 0 Å². The van der Waals surface area contributed by atoms with E-state index in [-0.39, 0.29) is 16.4 Å². The van der Waals surface area contributed by atoms with Crippen molar-refractivity contribution in [3.8, 4) is 11.1 Å². The van der Waals surface area contributed by atoms with Crippen LogP contribution in [0, 0.1) is 17.6 Å². The quantitative estimate of drug-likeness (QED) is 0.229. The zero-order valence-electron chi connectivity index (χ0n) is 24.1. The first-order chi connectivity index (χ1) is 21.3. The van der Waals surface area contributed by atoms with E-state index in [1.807, 2.05) is 0 Å². The molecule has 0 radical (unpaired) electrons. The lowest BCUT2D eigenvalue weighted by Crippen LogP contribution is -2.36. The lowest BCUT2D eigenvalue weighted by Gasteiger charge is -2.27. The van der Waals surface area contributed by atoms with Gasteiger partial charge in [0.25, 0.3) is 0 Å². The number of carboxylic acid groups (broad SMARTS) is 1. The van der Waals surface area contributed by atoms with Crippen molar-refractivity contribution in [2.45, 2.75) is 31.3 Å². The molecule has 4 N–H and O–H groups in total. The van der Waals surface area contributed by atoms with Crippen LogP contribution in [0.25, 0.3) is 44.1 Å². The predicted octanol–water partition coefficient (Wildman–Crippen LogP) is 3.96. The summed E-state index contributed by atoms with van der Waals surface area (Å²) < 4.78 is 32.1. The number of nitrogens with zero attached hydrogens (tertiary/aromatic N) is 5. The fourth-order valence-corrected chi connectivity index (χ4v) is 7.40. The van der Waals surface area contributed by atoms with Gasteiger partial charge in [0.1, 0.15) is 11.2 Å². The SMILES string of the molecule is CNc1cc(F)c(F)c2c1[nH]c1ncc(-c3cnc4c(c3)c(=O)c(C(=O)O)cn4NC)c(N3C[C@H]4CCN(C5CC5)[C@H]4C3)c12.